The molecular weight excluding hydrogens is 230 g/mol. The number of nitrogens with two attached hydrogens (primary N) is 1. The summed E-state index contributed by atoms with van der Waals surface area (Å²) in [5.74, 6) is 1.12. The minimum Gasteiger partial charge on any atom is -0.455 e. The van der Waals surface area contributed by atoms with Crippen LogP contribution in [0.2, 0.25) is 0 Å². The van der Waals surface area contributed by atoms with Crippen LogP contribution in [-0.2, 0) is 6.54 Å². The molecule has 0 aliphatic heterocycles. The van der Waals surface area contributed by atoms with Gasteiger partial charge in [-0.15, -0.1) is 0 Å². The number of likely N-dealkylation sites (N-methyl/N-ethyl adjacent to an activating group) is 1. The molecule has 1 amide bonds. The lowest BCUT2D eigenvalue weighted by Crippen LogP contribution is -2.44. The number of furan rings is 1. The van der Waals surface area contributed by atoms with Crippen LogP contribution in [0.15, 0.2) is 16.5 Å². The molecule has 102 valence electrons. The van der Waals surface area contributed by atoms with E-state index in [0.29, 0.717) is 24.0 Å². The summed E-state index contributed by atoms with van der Waals surface area (Å²) >= 11 is 0. The van der Waals surface area contributed by atoms with E-state index in [-0.39, 0.29) is 11.9 Å². The highest BCUT2D eigenvalue weighted by Gasteiger charge is 2.19. The molecule has 0 saturated carbocycles. The number of amides is 1. The maximum atomic E-state index is 12.0. The van der Waals surface area contributed by atoms with Crippen LogP contribution in [0.5, 0.6) is 0 Å². The molecule has 1 aromatic heterocycles. The number of nitrogens with one attached hydrogen (secondary N) is 1. The van der Waals surface area contributed by atoms with Gasteiger partial charge in [-0.05, 0) is 32.1 Å². The molecule has 1 rings (SSSR count). The van der Waals surface area contributed by atoms with Crippen LogP contribution in [0, 0.1) is 5.92 Å². The number of hydrogen-bond acceptors (Lipinski definition) is 4. The SMILES string of the molecule is CC(C)C(CN(C)C)NC(=O)c1ccc(CN)o1. The van der Waals surface area contributed by atoms with Crippen LogP contribution < -0.4 is 11.1 Å². The summed E-state index contributed by atoms with van der Waals surface area (Å²) in [6.07, 6.45) is 0. The van der Waals surface area contributed by atoms with Crippen LogP contribution in [0.25, 0.3) is 0 Å². The highest BCUT2D eigenvalue weighted by molar-refractivity contribution is 5.91. The first kappa shape index (κ1) is 14.7. The first-order valence-electron chi connectivity index (χ1n) is 6.18. The summed E-state index contributed by atoms with van der Waals surface area (Å²) < 4.78 is 5.33. The van der Waals surface area contributed by atoms with Gasteiger partial charge < -0.3 is 20.4 Å². The van der Waals surface area contributed by atoms with E-state index in [1.165, 1.54) is 0 Å². The summed E-state index contributed by atoms with van der Waals surface area (Å²) in [7, 11) is 3.97. The smallest absolute Gasteiger partial charge is 0.287 e. The lowest BCUT2D eigenvalue weighted by molar-refractivity contribution is 0.0886. The zero-order chi connectivity index (χ0) is 13.7. The molecule has 0 aliphatic rings. The summed E-state index contributed by atoms with van der Waals surface area (Å²) in [6, 6.07) is 3.48. The van der Waals surface area contributed by atoms with Crippen molar-refractivity contribution < 1.29 is 9.21 Å². The summed E-state index contributed by atoms with van der Waals surface area (Å²) in [6.45, 7) is 5.27. The lowest BCUT2D eigenvalue weighted by Gasteiger charge is -2.25. The van der Waals surface area contributed by atoms with Crippen molar-refractivity contribution in [3.8, 4) is 0 Å². The number of carbonyl (C=O) groups is 1. The monoisotopic (exact) mass is 253 g/mol. The third kappa shape index (κ3) is 4.16. The van der Waals surface area contributed by atoms with Crippen molar-refractivity contribution in [2.24, 2.45) is 11.7 Å². The fraction of sp³-hybridized carbons (Fsp3) is 0.615. The highest BCUT2D eigenvalue weighted by atomic mass is 16.4. The molecule has 0 radical (unpaired) electrons. The fourth-order valence-electron chi connectivity index (χ4n) is 1.67. The van der Waals surface area contributed by atoms with Crippen LogP contribution in [0.1, 0.15) is 30.2 Å². The Labute approximate surface area is 108 Å². The van der Waals surface area contributed by atoms with Gasteiger partial charge in [-0.2, -0.15) is 0 Å². The standard InChI is InChI=1S/C13H23N3O2/c1-9(2)11(8-16(3)4)15-13(17)12-6-5-10(7-14)18-12/h5-6,9,11H,7-8,14H2,1-4H3,(H,15,17). The molecular formula is C13H23N3O2. The van der Waals surface area contributed by atoms with Crippen molar-refractivity contribution in [3.05, 3.63) is 23.7 Å². The van der Waals surface area contributed by atoms with Gasteiger partial charge in [0.25, 0.3) is 5.91 Å². The molecule has 0 aliphatic carbocycles. The first-order chi connectivity index (χ1) is 8.43. The van der Waals surface area contributed by atoms with Gasteiger partial charge in [0.15, 0.2) is 5.76 Å². The highest BCUT2D eigenvalue weighted by Crippen LogP contribution is 2.09. The predicted octanol–water partition coefficient (Wildman–Crippen LogP) is 1.05. The molecule has 18 heavy (non-hydrogen) atoms. The third-order valence-corrected chi connectivity index (χ3v) is 2.77. The molecule has 0 aromatic carbocycles. The third-order valence-electron chi connectivity index (χ3n) is 2.77. The van der Waals surface area contributed by atoms with E-state index in [1.807, 2.05) is 14.1 Å². The van der Waals surface area contributed by atoms with E-state index >= 15 is 0 Å². The Morgan fingerprint density at radius 2 is 2.11 bits per heavy atom. The number of rotatable bonds is 6. The van der Waals surface area contributed by atoms with Crippen molar-refractivity contribution in [2.45, 2.75) is 26.4 Å². The van der Waals surface area contributed by atoms with E-state index in [2.05, 4.69) is 24.1 Å². The Morgan fingerprint density at radius 1 is 1.44 bits per heavy atom. The lowest BCUT2D eigenvalue weighted by atomic mass is 10.0. The second-order valence-corrected chi connectivity index (χ2v) is 5.06. The van der Waals surface area contributed by atoms with Crippen molar-refractivity contribution >= 4 is 5.91 Å². The summed E-state index contributed by atoms with van der Waals surface area (Å²) in [5.41, 5.74) is 5.45. The van der Waals surface area contributed by atoms with Crippen molar-refractivity contribution in [1.29, 1.82) is 0 Å². The van der Waals surface area contributed by atoms with E-state index < -0.39 is 0 Å². The Balaban J connectivity index is 2.66. The van der Waals surface area contributed by atoms with Gasteiger partial charge in [0.1, 0.15) is 5.76 Å². The van der Waals surface area contributed by atoms with Gasteiger partial charge in [0.2, 0.25) is 0 Å². The van der Waals surface area contributed by atoms with E-state index in [4.69, 9.17) is 10.2 Å². The number of nitrogens with zero attached hydrogens (tertiary/aromatic N) is 1. The van der Waals surface area contributed by atoms with Crippen molar-refractivity contribution in [2.75, 3.05) is 20.6 Å². The van der Waals surface area contributed by atoms with Crippen LogP contribution in [0.4, 0.5) is 0 Å². The van der Waals surface area contributed by atoms with Gasteiger partial charge in [-0.25, -0.2) is 0 Å². The first-order valence-corrected chi connectivity index (χ1v) is 6.18. The molecule has 5 heteroatoms. The minimum absolute atomic E-state index is 0.0962. The van der Waals surface area contributed by atoms with Crippen LogP contribution in [-0.4, -0.2) is 37.5 Å². The molecule has 0 spiro atoms. The fourth-order valence-corrected chi connectivity index (χ4v) is 1.67. The van der Waals surface area contributed by atoms with E-state index in [1.54, 1.807) is 12.1 Å². The van der Waals surface area contributed by atoms with Crippen LogP contribution >= 0.6 is 0 Å². The molecule has 1 aromatic rings. The topological polar surface area (TPSA) is 71.5 Å². The van der Waals surface area contributed by atoms with Crippen molar-refractivity contribution in [3.63, 3.8) is 0 Å². The molecule has 1 unspecified atom stereocenters. The quantitative estimate of drug-likeness (QED) is 0.795. The van der Waals surface area contributed by atoms with Crippen molar-refractivity contribution in [1.82, 2.24) is 10.2 Å². The second kappa shape index (κ2) is 6.56. The molecule has 3 N–H and O–H groups in total. The maximum Gasteiger partial charge on any atom is 0.287 e. The van der Waals surface area contributed by atoms with Gasteiger partial charge in [0.05, 0.1) is 6.54 Å². The Bertz CT molecular complexity index is 385. The molecule has 0 fully saturated rings. The van der Waals surface area contributed by atoms with Gasteiger partial charge in [-0.1, -0.05) is 13.8 Å². The van der Waals surface area contributed by atoms with E-state index in [9.17, 15) is 4.79 Å². The zero-order valence-electron chi connectivity index (χ0n) is 11.6. The summed E-state index contributed by atoms with van der Waals surface area (Å²) in [4.78, 5) is 14.1. The molecule has 1 heterocycles. The van der Waals surface area contributed by atoms with Gasteiger partial charge in [-0.3, -0.25) is 4.79 Å². The normalized spacial score (nSPS) is 13.1. The number of carbonyl (C=O) groups excluding carboxylic acids is 1. The number of hydrogen-bond donors (Lipinski definition) is 2. The average molecular weight is 253 g/mol. The zero-order valence-corrected chi connectivity index (χ0v) is 11.6. The Morgan fingerprint density at radius 3 is 2.56 bits per heavy atom. The molecule has 1 atom stereocenters. The molecule has 0 bridgehead atoms. The van der Waals surface area contributed by atoms with Gasteiger partial charge >= 0.3 is 0 Å². The molecule has 5 nitrogen and oxygen atoms in total. The maximum absolute atomic E-state index is 12.0. The average Bonchev–Trinajstić information content (AvgIpc) is 2.75. The predicted molar refractivity (Wildman–Crippen MR) is 71.2 cm³/mol. The summed E-state index contributed by atoms with van der Waals surface area (Å²) in [5, 5.41) is 2.99. The largest absolute Gasteiger partial charge is 0.455 e. The Hall–Kier alpha value is -1.33. The van der Waals surface area contributed by atoms with Gasteiger partial charge in [0, 0.05) is 12.6 Å². The van der Waals surface area contributed by atoms with E-state index in [0.717, 1.165) is 6.54 Å². The van der Waals surface area contributed by atoms with Crippen LogP contribution in [0.3, 0.4) is 0 Å². The minimum atomic E-state index is -0.185. The molecule has 0 saturated heterocycles. The Kier molecular flexibility index (Phi) is 5.37. The second-order valence-electron chi connectivity index (χ2n) is 5.06.